The molecule has 5 heteroatoms. The van der Waals surface area contributed by atoms with Crippen LogP contribution >= 0.6 is 0 Å². The summed E-state index contributed by atoms with van der Waals surface area (Å²) in [5.41, 5.74) is 10.0. The van der Waals surface area contributed by atoms with Crippen molar-refractivity contribution in [3.63, 3.8) is 0 Å². The highest BCUT2D eigenvalue weighted by Gasteiger charge is 2.37. The lowest BCUT2D eigenvalue weighted by Gasteiger charge is -2.27. The van der Waals surface area contributed by atoms with Gasteiger partial charge >= 0.3 is 0 Å². The summed E-state index contributed by atoms with van der Waals surface area (Å²) in [7, 11) is 0. The number of pyridine rings is 2. The Labute approximate surface area is 294 Å². The minimum absolute atomic E-state index is 0.191. The summed E-state index contributed by atoms with van der Waals surface area (Å²) in [6, 6.07) is 54.2. The number of aromatic nitrogens is 4. The van der Waals surface area contributed by atoms with E-state index in [1.807, 2.05) is 0 Å². The molecule has 4 aromatic heterocycles. The Kier molecular flexibility index (Phi) is 6.01. The summed E-state index contributed by atoms with van der Waals surface area (Å²) in [5.74, 6) is 2.10. The van der Waals surface area contributed by atoms with Crippen molar-refractivity contribution >= 4 is 55.1 Å². The zero-order valence-corrected chi connectivity index (χ0v) is 27.6. The minimum atomic E-state index is 0.191. The molecule has 0 radical (unpaired) electrons. The molecule has 0 saturated carbocycles. The summed E-state index contributed by atoms with van der Waals surface area (Å²) < 4.78 is 4.70. The first-order chi connectivity index (χ1) is 25.3. The fourth-order valence-electron chi connectivity index (χ4n) is 8.48. The van der Waals surface area contributed by atoms with Crippen LogP contribution in [0.4, 0.5) is 11.5 Å². The molecule has 9 aromatic rings. The smallest absolute Gasteiger partial charge is 0.138 e. The second-order valence-electron chi connectivity index (χ2n) is 13.4. The van der Waals surface area contributed by atoms with Gasteiger partial charge in [-0.3, -0.25) is 4.57 Å². The molecule has 240 valence electrons. The molecule has 11 rings (SSSR count). The van der Waals surface area contributed by atoms with Gasteiger partial charge in [-0.2, -0.15) is 0 Å². The maximum Gasteiger partial charge on any atom is 0.138 e. The highest BCUT2D eigenvalue weighted by Crippen LogP contribution is 2.47. The van der Waals surface area contributed by atoms with E-state index in [0.717, 1.165) is 39.7 Å². The Balaban J connectivity index is 1.09. The van der Waals surface area contributed by atoms with E-state index >= 15 is 0 Å². The third-order valence-corrected chi connectivity index (χ3v) is 10.6. The molecule has 5 nitrogen and oxygen atoms in total. The zero-order chi connectivity index (χ0) is 33.5. The third kappa shape index (κ3) is 4.15. The number of rotatable bonds is 4. The SMILES string of the molecule is C1=CC2c3ccccc3N(c3cccc(-c4cccc(-n5c6ccccc6c6cc7c(cc65)c5ccccc5n7-c5ccccc5)n4)n3)C2C=C1. The van der Waals surface area contributed by atoms with E-state index < -0.39 is 0 Å². The molecule has 2 atom stereocenters. The standard InChI is InChI=1S/C46H31N5/c1-2-14-30(15-3-1)49-39-22-8-6-18-33(39)35-29-44-36(28-43(35)49)34-19-7-11-25-42(34)51(44)46-27-13-21-38(48-46)37-20-12-26-45(47-37)50-40-23-9-4-16-31(40)32-17-5-10-24-41(32)50/h1-29,31,40H. The van der Waals surface area contributed by atoms with Gasteiger partial charge < -0.3 is 9.47 Å². The average molecular weight is 654 g/mol. The molecular weight excluding hydrogens is 623 g/mol. The lowest BCUT2D eigenvalue weighted by Crippen LogP contribution is -2.29. The van der Waals surface area contributed by atoms with Crippen LogP contribution in [0.25, 0.3) is 66.5 Å². The number of anilines is 2. The van der Waals surface area contributed by atoms with Gasteiger partial charge in [-0.1, -0.05) is 109 Å². The van der Waals surface area contributed by atoms with Crippen molar-refractivity contribution in [2.75, 3.05) is 4.90 Å². The van der Waals surface area contributed by atoms with Crippen molar-refractivity contribution in [3.05, 3.63) is 182 Å². The molecule has 5 heterocycles. The first-order valence-electron chi connectivity index (χ1n) is 17.5. The van der Waals surface area contributed by atoms with E-state index in [4.69, 9.17) is 9.97 Å². The molecule has 0 N–H and O–H groups in total. The quantitative estimate of drug-likeness (QED) is 0.190. The molecule has 0 spiro atoms. The van der Waals surface area contributed by atoms with Crippen LogP contribution in [0.3, 0.4) is 0 Å². The van der Waals surface area contributed by atoms with Crippen LogP contribution in [0, 0.1) is 0 Å². The second kappa shape index (κ2) is 10.9. The van der Waals surface area contributed by atoms with Crippen LogP contribution in [0.2, 0.25) is 0 Å². The van der Waals surface area contributed by atoms with Gasteiger partial charge in [0.15, 0.2) is 0 Å². The van der Waals surface area contributed by atoms with Crippen LogP contribution in [0.5, 0.6) is 0 Å². The monoisotopic (exact) mass is 653 g/mol. The van der Waals surface area contributed by atoms with Crippen LogP contribution in [-0.2, 0) is 0 Å². The largest absolute Gasteiger partial charge is 0.318 e. The average Bonchev–Trinajstić information content (AvgIpc) is 3.83. The van der Waals surface area contributed by atoms with Crippen molar-refractivity contribution in [1.29, 1.82) is 0 Å². The maximum atomic E-state index is 5.33. The van der Waals surface area contributed by atoms with Gasteiger partial charge in [0.05, 0.1) is 39.5 Å². The molecule has 1 aliphatic carbocycles. The molecule has 5 aromatic carbocycles. The van der Waals surface area contributed by atoms with Crippen LogP contribution in [0.1, 0.15) is 11.5 Å². The molecule has 2 unspecified atom stereocenters. The number of hydrogen-bond acceptors (Lipinski definition) is 3. The van der Waals surface area contributed by atoms with Crippen LogP contribution in [-0.4, -0.2) is 25.1 Å². The molecular formula is C46H31N5. The summed E-state index contributed by atoms with van der Waals surface area (Å²) in [6.45, 7) is 0. The summed E-state index contributed by atoms with van der Waals surface area (Å²) in [4.78, 5) is 13.0. The highest BCUT2D eigenvalue weighted by molar-refractivity contribution is 6.19. The van der Waals surface area contributed by atoms with Gasteiger partial charge in [0, 0.05) is 38.8 Å². The number of para-hydroxylation sites is 4. The molecule has 0 fully saturated rings. The first kappa shape index (κ1) is 28.2. The molecule has 0 saturated heterocycles. The fourth-order valence-corrected chi connectivity index (χ4v) is 8.48. The van der Waals surface area contributed by atoms with Crippen LogP contribution in [0.15, 0.2) is 176 Å². The molecule has 51 heavy (non-hydrogen) atoms. The van der Waals surface area contributed by atoms with Crippen molar-refractivity contribution < 1.29 is 0 Å². The second-order valence-corrected chi connectivity index (χ2v) is 13.4. The zero-order valence-electron chi connectivity index (χ0n) is 27.6. The van der Waals surface area contributed by atoms with E-state index in [1.165, 1.54) is 43.8 Å². The van der Waals surface area contributed by atoms with Crippen LogP contribution < -0.4 is 4.90 Å². The number of allylic oxidation sites excluding steroid dienone is 2. The van der Waals surface area contributed by atoms with Crippen molar-refractivity contribution in [2.45, 2.75) is 12.0 Å². The minimum Gasteiger partial charge on any atom is -0.318 e. The van der Waals surface area contributed by atoms with E-state index in [1.54, 1.807) is 0 Å². The van der Waals surface area contributed by atoms with Gasteiger partial charge in [0.2, 0.25) is 0 Å². The summed E-state index contributed by atoms with van der Waals surface area (Å²) in [5, 5.41) is 4.84. The van der Waals surface area contributed by atoms with E-state index in [0.29, 0.717) is 5.92 Å². The lowest BCUT2D eigenvalue weighted by atomic mass is 9.91. The van der Waals surface area contributed by atoms with Crippen molar-refractivity contribution in [2.24, 2.45) is 0 Å². The van der Waals surface area contributed by atoms with Gasteiger partial charge in [0.25, 0.3) is 0 Å². The fraction of sp³-hybridized carbons (Fsp3) is 0.0435. The van der Waals surface area contributed by atoms with Gasteiger partial charge in [-0.15, -0.1) is 0 Å². The van der Waals surface area contributed by atoms with Gasteiger partial charge in [-0.25, -0.2) is 9.97 Å². The van der Waals surface area contributed by atoms with Gasteiger partial charge in [0.1, 0.15) is 11.6 Å². The molecule has 2 aliphatic rings. The Morgan fingerprint density at radius 1 is 0.431 bits per heavy atom. The number of hydrogen-bond donors (Lipinski definition) is 0. The predicted octanol–water partition coefficient (Wildman–Crippen LogP) is 11.1. The molecule has 1 aliphatic heterocycles. The van der Waals surface area contributed by atoms with Crippen molar-refractivity contribution in [3.8, 4) is 22.9 Å². The Morgan fingerprint density at radius 3 is 1.78 bits per heavy atom. The summed E-state index contributed by atoms with van der Waals surface area (Å²) >= 11 is 0. The van der Waals surface area contributed by atoms with E-state index in [2.05, 4.69) is 190 Å². The van der Waals surface area contributed by atoms with E-state index in [-0.39, 0.29) is 6.04 Å². The third-order valence-electron chi connectivity index (χ3n) is 10.6. The normalized spacial score (nSPS) is 16.4. The first-order valence-corrected chi connectivity index (χ1v) is 17.5. The Morgan fingerprint density at radius 2 is 1.02 bits per heavy atom. The Bertz CT molecular complexity index is 2890. The lowest BCUT2D eigenvalue weighted by molar-refractivity contribution is 0.738. The number of fused-ring (bicyclic) bond motifs is 9. The maximum absolute atomic E-state index is 5.33. The predicted molar refractivity (Wildman–Crippen MR) is 210 cm³/mol. The molecule has 0 amide bonds. The van der Waals surface area contributed by atoms with Gasteiger partial charge in [-0.05, 0) is 72.3 Å². The van der Waals surface area contributed by atoms with E-state index in [9.17, 15) is 0 Å². The highest BCUT2D eigenvalue weighted by atomic mass is 15.2. The number of nitrogens with zero attached hydrogens (tertiary/aromatic N) is 5. The topological polar surface area (TPSA) is 38.9 Å². The summed E-state index contributed by atoms with van der Waals surface area (Å²) in [6.07, 6.45) is 8.89. The Hall–Kier alpha value is -6.72. The van der Waals surface area contributed by atoms with Crippen molar-refractivity contribution in [1.82, 2.24) is 19.1 Å². The number of benzene rings is 5. The molecule has 0 bridgehead atoms.